The molecule has 20 heavy (non-hydrogen) atoms. The second-order valence-corrected chi connectivity index (χ2v) is 4.65. The Balaban J connectivity index is 1.79. The van der Waals surface area contributed by atoms with Crippen molar-refractivity contribution in [2.24, 2.45) is 0 Å². The van der Waals surface area contributed by atoms with Crippen molar-refractivity contribution < 1.29 is 4.92 Å². The summed E-state index contributed by atoms with van der Waals surface area (Å²) in [5, 5.41) is 13.9. The standard InChI is InChI=1S/C15H17N3O2/c1-12-6-8-16-10-14(12)11-17-9-7-13-2-4-15(5-3-13)18(19)20/h2-6,8,10,17H,7,9,11H2,1H3. The molecule has 0 atom stereocenters. The number of aryl methyl sites for hydroxylation is 1. The van der Waals surface area contributed by atoms with Gasteiger partial charge in [0, 0.05) is 31.1 Å². The quantitative estimate of drug-likeness (QED) is 0.498. The van der Waals surface area contributed by atoms with Crippen molar-refractivity contribution in [3.05, 3.63) is 69.5 Å². The first-order valence-corrected chi connectivity index (χ1v) is 6.50. The molecule has 1 aromatic carbocycles. The summed E-state index contributed by atoms with van der Waals surface area (Å²) < 4.78 is 0. The van der Waals surface area contributed by atoms with Gasteiger partial charge in [0.15, 0.2) is 0 Å². The van der Waals surface area contributed by atoms with Crippen LogP contribution in [0.25, 0.3) is 0 Å². The van der Waals surface area contributed by atoms with E-state index in [1.807, 2.05) is 12.3 Å². The summed E-state index contributed by atoms with van der Waals surface area (Å²) in [5.74, 6) is 0. The molecule has 0 bridgehead atoms. The van der Waals surface area contributed by atoms with Gasteiger partial charge in [-0.25, -0.2) is 0 Å². The van der Waals surface area contributed by atoms with E-state index in [9.17, 15) is 10.1 Å². The van der Waals surface area contributed by atoms with Crippen LogP contribution in [0.15, 0.2) is 42.7 Å². The Bertz CT molecular complexity index is 582. The van der Waals surface area contributed by atoms with Gasteiger partial charge in [-0.2, -0.15) is 0 Å². The molecule has 0 aliphatic rings. The summed E-state index contributed by atoms with van der Waals surface area (Å²) in [4.78, 5) is 14.3. The maximum atomic E-state index is 10.5. The average molecular weight is 271 g/mol. The molecule has 2 aromatic rings. The molecule has 0 saturated heterocycles. The van der Waals surface area contributed by atoms with Gasteiger partial charge in [-0.15, -0.1) is 0 Å². The van der Waals surface area contributed by atoms with E-state index < -0.39 is 0 Å². The molecule has 0 radical (unpaired) electrons. The number of nitrogens with one attached hydrogen (secondary N) is 1. The SMILES string of the molecule is Cc1ccncc1CNCCc1ccc([N+](=O)[O-])cc1. The van der Waals surface area contributed by atoms with Crippen molar-refractivity contribution in [3.63, 3.8) is 0 Å². The largest absolute Gasteiger partial charge is 0.312 e. The fraction of sp³-hybridized carbons (Fsp3) is 0.267. The van der Waals surface area contributed by atoms with E-state index in [1.54, 1.807) is 30.5 Å². The predicted octanol–water partition coefficient (Wildman–Crippen LogP) is 2.63. The molecule has 104 valence electrons. The highest BCUT2D eigenvalue weighted by atomic mass is 16.6. The zero-order chi connectivity index (χ0) is 14.4. The van der Waals surface area contributed by atoms with Crippen LogP contribution in [-0.2, 0) is 13.0 Å². The predicted molar refractivity (Wildman–Crippen MR) is 77.5 cm³/mol. The van der Waals surface area contributed by atoms with Gasteiger partial charge in [-0.1, -0.05) is 12.1 Å². The Morgan fingerprint density at radius 1 is 1.25 bits per heavy atom. The maximum Gasteiger partial charge on any atom is 0.269 e. The molecule has 1 N–H and O–H groups in total. The van der Waals surface area contributed by atoms with Crippen LogP contribution in [0.5, 0.6) is 0 Å². The highest BCUT2D eigenvalue weighted by Gasteiger charge is 2.03. The Morgan fingerprint density at radius 2 is 2.00 bits per heavy atom. The molecule has 0 saturated carbocycles. The maximum absolute atomic E-state index is 10.5. The normalized spacial score (nSPS) is 10.4. The fourth-order valence-electron chi connectivity index (χ4n) is 1.92. The number of nitro benzene ring substituents is 1. The Kier molecular flexibility index (Phi) is 4.79. The zero-order valence-corrected chi connectivity index (χ0v) is 11.4. The molecule has 0 spiro atoms. The molecule has 0 aliphatic carbocycles. The van der Waals surface area contributed by atoms with Crippen LogP contribution in [0.4, 0.5) is 5.69 Å². The monoisotopic (exact) mass is 271 g/mol. The summed E-state index contributed by atoms with van der Waals surface area (Å²) >= 11 is 0. The molecule has 0 amide bonds. The first-order valence-electron chi connectivity index (χ1n) is 6.50. The zero-order valence-electron chi connectivity index (χ0n) is 11.4. The van der Waals surface area contributed by atoms with Crippen LogP contribution < -0.4 is 5.32 Å². The molecule has 0 aliphatic heterocycles. The van der Waals surface area contributed by atoms with Gasteiger partial charge in [0.2, 0.25) is 0 Å². The van der Waals surface area contributed by atoms with Gasteiger partial charge in [-0.05, 0) is 42.6 Å². The van der Waals surface area contributed by atoms with E-state index >= 15 is 0 Å². The summed E-state index contributed by atoms with van der Waals surface area (Å²) in [7, 11) is 0. The van der Waals surface area contributed by atoms with E-state index in [0.717, 1.165) is 25.1 Å². The van der Waals surface area contributed by atoms with Gasteiger partial charge in [0.1, 0.15) is 0 Å². The molecule has 5 heteroatoms. The molecule has 0 unspecified atom stereocenters. The van der Waals surface area contributed by atoms with Gasteiger partial charge in [0.05, 0.1) is 4.92 Å². The van der Waals surface area contributed by atoms with Gasteiger partial charge in [0.25, 0.3) is 5.69 Å². The molecule has 2 rings (SSSR count). The second kappa shape index (κ2) is 6.77. The van der Waals surface area contributed by atoms with Crippen LogP contribution in [-0.4, -0.2) is 16.5 Å². The van der Waals surface area contributed by atoms with Crippen LogP contribution in [0.2, 0.25) is 0 Å². The Labute approximate surface area is 117 Å². The molecule has 1 heterocycles. The Morgan fingerprint density at radius 3 is 2.65 bits per heavy atom. The van der Waals surface area contributed by atoms with Crippen molar-refractivity contribution in [3.8, 4) is 0 Å². The summed E-state index contributed by atoms with van der Waals surface area (Å²) in [6, 6.07) is 8.68. The Hall–Kier alpha value is -2.27. The highest BCUT2D eigenvalue weighted by Crippen LogP contribution is 2.12. The van der Waals surface area contributed by atoms with Gasteiger partial charge >= 0.3 is 0 Å². The van der Waals surface area contributed by atoms with Crippen LogP contribution in [0.1, 0.15) is 16.7 Å². The number of rotatable bonds is 6. The molecular formula is C15H17N3O2. The van der Waals surface area contributed by atoms with E-state index in [0.29, 0.717) is 0 Å². The number of aromatic nitrogens is 1. The number of hydrogen-bond donors (Lipinski definition) is 1. The number of non-ortho nitro benzene ring substituents is 1. The van der Waals surface area contributed by atoms with Gasteiger partial charge in [-0.3, -0.25) is 15.1 Å². The number of nitro groups is 1. The lowest BCUT2D eigenvalue weighted by Gasteiger charge is -2.07. The van der Waals surface area contributed by atoms with Gasteiger partial charge < -0.3 is 5.32 Å². The molecular weight excluding hydrogens is 254 g/mol. The molecule has 5 nitrogen and oxygen atoms in total. The highest BCUT2D eigenvalue weighted by molar-refractivity contribution is 5.33. The summed E-state index contributed by atoms with van der Waals surface area (Å²) in [6.07, 6.45) is 4.50. The first-order chi connectivity index (χ1) is 9.66. The van der Waals surface area contributed by atoms with Crippen molar-refractivity contribution in [1.29, 1.82) is 0 Å². The van der Waals surface area contributed by atoms with E-state index in [-0.39, 0.29) is 10.6 Å². The third kappa shape index (κ3) is 3.86. The van der Waals surface area contributed by atoms with E-state index in [2.05, 4.69) is 17.2 Å². The van der Waals surface area contributed by atoms with E-state index in [4.69, 9.17) is 0 Å². The number of pyridine rings is 1. The second-order valence-electron chi connectivity index (χ2n) is 4.65. The number of hydrogen-bond acceptors (Lipinski definition) is 4. The lowest BCUT2D eigenvalue weighted by molar-refractivity contribution is -0.384. The van der Waals surface area contributed by atoms with Crippen molar-refractivity contribution in [2.75, 3.05) is 6.54 Å². The van der Waals surface area contributed by atoms with Crippen molar-refractivity contribution in [2.45, 2.75) is 19.9 Å². The lowest BCUT2D eigenvalue weighted by Crippen LogP contribution is -2.17. The lowest BCUT2D eigenvalue weighted by atomic mass is 10.1. The molecule has 0 fully saturated rings. The number of benzene rings is 1. The topological polar surface area (TPSA) is 68.1 Å². The summed E-state index contributed by atoms with van der Waals surface area (Å²) in [6.45, 7) is 3.67. The molecule has 1 aromatic heterocycles. The van der Waals surface area contributed by atoms with Crippen molar-refractivity contribution in [1.82, 2.24) is 10.3 Å². The third-order valence-corrected chi connectivity index (χ3v) is 3.20. The number of nitrogens with zero attached hydrogens (tertiary/aromatic N) is 2. The minimum Gasteiger partial charge on any atom is -0.312 e. The fourth-order valence-corrected chi connectivity index (χ4v) is 1.92. The minimum atomic E-state index is -0.382. The van der Waals surface area contributed by atoms with Crippen LogP contribution in [0.3, 0.4) is 0 Å². The van der Waals surface area contributed by atoms with E-state index in [1.165, 1.54) is 11.1 Å². The average Bonchev–Trinajstić information content (AvgIpc) is 2.46. The summed E-state index contributed by atoms with van der Waals surface area (Å²) in [5.41, 5.74) is 3.64. The first kappa shape index (κ1) is 14.1. The minimum absolute atomic E-state index is 0.132. The van der Waals surface area contributed by atoms with Crippen molar-refractivity contribution >= 4 is 5.69 Å². The van der Waals surface area contributed by atoms with Crippen LogP contribution >= 0.6 is 0 Å². The third-order valence-electron chi connectivity index (χ3n) is 3.20. The smallest absolute Gasteiger partial charge is 0.269 e. The van der Waals surface area contributed by atoms with Crippen LogP contribution in [0, 0.1) is 17.0 Å².